The number of carboxylic acids is 1. The lowest BCUT2D eigenvalue weighted by atomic mass is 9.85. The summed E-state index contributed by atoms with van der Waals surface area (Å²) in [7, 11) is 0. The van der Waals surface area contributed by atoms with Gasteiger partial charge in [0.1, 0.15) is 28.2 Å². The van der Waals surface area contributed by atoms with Crippen LogP contribution in [0, 0.1) is 11.3 Å². The maximum Gasteiger partial charge on any atom is 0.410 e. The summed E-state index contributed by atoms with van der Waals surface area (Å²) in [5.74, 6) is 3.83. The zero-order valence-electron chi connectivity index (χ0n) is 65.7. The Labute approximate surface area is 637 Å². The third kappa shape index (κ3) is 22.7. The number of oxime groups is 1. The number of aromatic nitrogens is 4. The van der Waals surface area contributed by atoms with Crippen molar-refractivity contribution in [3.63, 3.8) is 0 Å². The summed E-state index contributed by atoms with van der Waals surface area (Å²) in [6.45, 7) is 24.2. The molecule has 0 saturated heterocycles. The molecule has 12 atom stereocenters. The van der Waals surface area contributed by atoms with E-state index in [1.807, 2.05) is 104 Å². The first-order chi connectivity index (χ1) is 51.1. The Hall–Kier alpha value is -8.32. The van der Waals surface area contributed by atoms with Gasteiger partial charge < -0.3 is 75.5 Å². The van der Waals surface area contributed by atoms with E-state index in [1.165, 1.54) is 29.5 Å². The van der Waals surface area contributed by atoms with Crippen LogP contribution in [0.3, 0.4) is 0 Å². The molecule has 0 spiro atoms. The first-order valence-electron chi connectivity index (χ1n) is 39.6. The van der Waals surface area contributed by atoms with Crippen LogP contribution in [0.2, 0.25) is 0 Å². The van der Waals surface area contributed by atoms with Crippen molar-refractivity contribution in [2.45, 2.75) is 317 Å². The fraction of sp³-hybridized carbons (Fsp3) is 0.663. The highest BCUT2D eigenvalue weighted by Crippen LogP contribution is 2.54. The monoisotopic (exact) mass is 1490 g/mol. The summed E-state index contributed by atoms with van der Waals surface area (Å²) in [5.41, 5.74) is 13.1. The fourth-order valence-electron chi connectivity index (χ4n) is 15.6. The molecule has 14 rings (SSSR count). The van der Waals surface area contributed by atoms with Crippen LogP contribution >= 0.6 is 0 Å². The van der Waals surface area contributed by atoms with Crippen LogP contribution in [-0.4, -0.2) is 155 Å². The highest BCUT2D eigenvalue weighted by atomic mass is 16.6. The van der Waals surface area contributed by atoms with Crippen LogP contribution in [0.1, 0.15) is 288 Å². The molecule has 9 N–H and O–H groups in total. The lowest BCUT2D eigenvalue weighted by molar-refractivity contribution is -0.143. The number of amidine groups is 1. The van der Waals surface area contributed by atoms with Crippen molar-refractivity contribution in [3.8, 4) is 0 Å². The molecular weight excluding hydrogens is 1370 g/mol. The Morgan fingerprint density at radius 3 is 1.39 bits per heavy atom. The second-order valence-electron chi connectivity index (χ2n) is 36.2. The van der Waals surface area contributed by atoms with E-state index in [2.05, 4.69) is 86.0 Å². The maximum atomic E-state index is 13.4. The average Bonchev–Trinajstić information content (AvgIpc) is 1.59. The topological polar surface area (TPSA) is 348 Å². The fourth-order valence-corrected chi connectivity index (χ4v) is 15.6. The third-order valence-electron chi connectivity index (χ3n) is 22.3. The Morgan fingerprint density at radius 1 is 0.528 bits per heavy atom. The van der Waals surface area contributed by atoms with Crippen LogP contribution in [0.5, 0.6) is 0 Å². The van der Waals surface area contributed by atoms with Gasteiger partial charge in [-0.05, 0) is 215 Å². The van der Waals surface area contributed by atoms with E-state index in [1.54, 1.807) is 25.7 Å². The largest absolute Gasteiger partial charge is 0.481 e. The maximum absolute atomic E-state index is 13.4. The van der Waals surface area contributed by atoms with E-state index >= 15 is 0 Å². The van der Waals surface area contributed by atoms with Gasteiger partial charge in [-0.25, -0.2) is 19.2 Å². The lowest BCUT2D eigenvalue weighted by Crippen LogP contribution is -2.45. The van der Waals surface area contributed by atoms with Gasteiger partial charge in [-0.2, -0.15) is 9.97 Å². The normalized spacial score (nSPS) is 26.9. The number of carbonyl (C=O) groups is 5. The summed E-state index contributed by atoms with van der Waals surface area (Å²) in [6, 6.07) is 32.4. The summed E-state index contributed by atoms with van der Waals surface area (Å²) < 4.78 is 33.5. The van der Waals surface area contributed by atoms with Crippen molar-refractivity contribution in [2.24, 2.45) is 28.0 Å². The molecule has 0 aliphatic heterocycles. The zero-order chi connectivity index (χ0) is 77.6. The van der Waals surface area contributed by atoms with E-state index in [4.69, 9.17) is 59.7 Å². The van der Waals surface area contributed by atoms with Gasteiger partial charge in [0.2, 0.25) is 11.8 Å². The number of nitrogens with two attached hydrogens (primary N) is 2. The van der Waals surface area contributed by atoms with Crippen LogP contribution in [0.25, 0.3) is 0 Å². The molecule has 2 heterocycles. The Kier molecular flexibility index (Phi) is 25.0. The molecule has 9 aliphatic rings. The standard InChI is InChI=1S/C31H44N4O5.C21H28N4O.C19H27N3O3.C12H21NO4/c1-29(2,3)38-27(36)32-22-14-10-13-21(17-22)25-33-26(34-40-25)31(15-16-31)19-35(28(37)39-30(4,5)6)24-18-23(24)20-11-8-7-9-12-20;22-16-8-4-7-15(11-16)19-24-20(25-26-19)21(9-10-21)13-23-18-12-17(18)14-5-2-1-3-6-14;1-18(2,3)25-17(23)22(12-19(9-10-19)16(20)21-24)15-11-14(15)13-7-5-4-6-8-13;1-12(2,3)17-11(16)13-9-6-4-5-8(7-9)10(14)15/h7-9,11-12,21-24H,10,13-19H2,1-6H3,(H,32,36);1-3,5-6,15-18,23H,4,7-13,22H2;4-8,14-15,24H,9-12H2,1-3H3,(H2,20,21);8-9H,4-7H2,1-3H3,(H,13,16)(H,14,15)/t21-,22-,23+,24-;15-,16-,17+,18-;14-,15+;8-,9-/m1101/s1. The quantitative estimate of drug-likeness (QED) is 0.0125. The minimum atomic E-state index is -0.777. The number of hydrogen-bond donors (Lipinski definition) is 7. The van der Waals surface area contributed by atoms with Crippen LogP contribution in [-0.2, 0) is 34.6 Å². The van der Waals surface area contributed by atoms with Crippen LogP contribution in [0.15, 0.2) is 105 Å². The molecule has 0 radical (unpaired) electrons. The smallest absolute Gasteiger partial charge is 0.410 e. The molecular formula is C83H120N12O13. The number of aliphatic carboxylic acids is 1. The number of benzene rings is 3. The Morgan fingerprint density at radius 2 is 0.954 bits per heavy atom. The number of rotatable bonds is 20. The number of nitrogens with one attached hydrogen (secondary N) is 3. The van der Waals surface area contributed by atoms with Crippen molar-refractivity contribution < 1.29 is 62.3 Å². The van der Waals surface area contributed by atoms with Gasteiger partial charge in [-0.1, -0.05) is 126 Å². The van der Waals surface area contributed by atoms with Crippen molar-refractivity contribution in [1.29, 1.82) is 0 Å². The van der Waals surface area contributed by atoms with E-state index in [-0.39, 0.29) is 70.9 Å². The molecule has 0 unspecified atom stereocenters. The predicted octanol–water partition coefficient (Wildman–Crippen LogP) is 15.1. The number of amides is 4. The minimum absolute atomic E-state index is 0.00582. The molecule has 4 amide bonds. The van der Waals surface area contributed by atoms with Gasteiger partial charge in [0.25, 0.3) is 0 Å². The van der Waals surface area contributed by atoms with E-state index < -0.39 is 46.0 Å². The Bertz CT molecular complexity index is 3850. The molecule has 9 saturated carbocycles. The molecule has 5 aromatic rings. The number of nitrogens with zero attached hydrogens (tertiary/aromatic N) is 7. The average molecular weight is 1490 g/mol. The second kappa shape index (κ2) is 33.5. The molecule has 25 heteroatoms. The van der Waals surface area contributed by atoms with Crippen molar-refractivity contribution in [3.05, 3.63) is 131 Å². The molecule has 25 nitrogen and oxygen atoms in total. The summed E-state index contributed by atoms with van der Waals surface area (Å²) in [5, 5.41) is 39.5. The molecule has 9 aliphatic carbocycles. The summed E-state index contributed by atoms with van der Waals surface area (Å²) in [6.07, 6.45) is 18.1. The number of ether oxygens (including phenoxy) is 4. The van der Waals surface area contributed by atoms with E-state index in [9.17, 15) is 24.0 Å². The molecule has 9 fully saturated rings. The second-order valence-corrected chi connectivity index (χ2v) is 36.2. The van der Waals surface area contributed by atoms with Gasteiger partial charge in [0.05, 0.1) is 11.3 Å². The number of carboxylic acid groups (broad SMARTS) is 1. The molecule has 2 aromatic heterocycles. The Balaban J connectivity index is 0.000000150. The highest BCUT2D eigenvalue weighted by Gasteiger charge is 2.57. The van der Waals surface area contributed by atoms with Crippen LogP contribution < -0.4 is 27.4 Å². The lowest BCUT2D eigenvalue weighted by Gasteiger charge is -2.30. The molecule has 108 heavy (non-hydrogen) atoms. The van der Waals surface area contributed by atoms with Crippen LogP contribution in [0.4, 0.5) is 19.2 Å². The summed E-state index contributed by atoms with van der Waals surface area (Å²) >= 11 is 0. The van der Waals surface area contributed by atoms with Crippen molar-refractivity contribution >= 4 is 36.2 Å². The number of hydrogen-bond acceptors (Lipinski definition) is 19. The van der Waals surface area contributed by atoms with E-state index in [0.717, 1.165) is 127 Å². The third-order valence-corrected chi connectivity index (χ3v) is 22.3. The van der Waals surface area contributed by atoms with Crippen molar-refractivity contribution in [1.82, 2.24) is 46.0 Å². The predicted molar refractivity (Wildman–Crippen MR) is 408 cm³/mol. The first-order valence-corrected chi connectivity index (χ1v) is 39.6. The number of carbonyl (C=O) groups excluding carboxylic acids is 4. The van der Waals surface area contributed by atoms with Gasteiger partial charge in [-0.3, -0.25) is 4.79 Å². The SMILES string of the molecule is CC(C)(C)OC(=O)N(CC1(C(N)=NO)CC1)[C@@H]1C[C@H]1c1ccccc1.CC(C)(C)OC(=O)N[C@@H]1CCC[C@@H](C(=O)O)C1.CC(C)(C)OC(=O)N[C@@H]1CCC[C@@H](c2nc(C3(CN(C(=O)OC(C)(C)C)[C@@H]4C[C@H]4c4ccccc4)CC3)no2)C1.N[C@@H]1CCC[C@@H](c2nc(C3(CN[C@@H]4C[C@H]4c4ccccc4)CC3)no2)C1. The van der Waals surface area contributed by atoms with Gasteiger partial charge in [0, 0.05) is 96.3 Å². The highest BCUT2D eigenvalue weighted by molar-refractivity contribution is 5.89. The minimum Gasteiger partial charge on any atom is -0.481 e. The van der Waals surface area contributed by atoms with Crippen molar-refractivity contribution in [2.75, 3.05) is 19.6 Å². The zero-order valence-corrected chi connectivity index (χ0v) is 65.7. The summed E-state index contributed by atoms with van der Waals surface area (Å²) in [4.78, 5) is 74.3. The first kappa shape index (κ1) is 80.7. The molecule has 3 aromatic carbocycles. The van der Waals surface area contributed by atoms with Gasteiger partial charge in [0.15, 0.2) is 11.6 Å². The van der Waals surface area contributed by atoms with Gasteiger partial charge in [-0.15, -0.1) is 0 Å². The number of alkyl carbamates (subject to hydrolysis) is 2. The molecule has 0 bridgehead atoms. The molecule has 590 valence electrons. The van der Waals surface area contributed by atoms with Gasteiger partial charge >= 0.3 is 30.3 Å². The van der Waals surface area contributed by atoms with E-state index in [0.29, 0.717) is 67.4 Å².